The van der Waals surface area contributed by atoms with E-state index in [2.05, 4.69) is 18.0 Å². The van der Waals surface area contributed by atoms with Gasteiger partial charge in [0, 0.05) is 37.7 Å². The van der Waals surface area contributed by atoms with Crippen molar-refractivity contribution < 1.29 is 9.59 Å². The van der Waals surface area contributed by atoms with Crippen LogP contribution in [0, 0.1) is 5.92 Å². The Morgan fingerprint density at radius 1 is 1.19 bits per heavy atom. The van der Waals surface area contributed by atoms with E-state index in [1.807, 2.05) is 28.0 Å². The van der Waals surface area contributed by atoms with Gasteiger partial charge in [0.1, 0.15) is 6.04 Å². The van der Waals surface area contributed by atoms with Gasteiger partial charge in [0.15, 0.2) is 0 Å². The Balaban J connectivity index is 1.54. The number of nitrogens with zero attached hydrogens (tertiary/aromatic N) is 4. The predicted molar refractivity (Wildman–Crippen MR) is 103 cm³/mol. The van der Waals surface area contributed by atoms with Crippen molar-refractivity contribution in [2.45, 2.75) is 38.6 Å². The lowest BCUT2D eigenvalue weighted by molar-refractivity contribution is -0.136. The number of rotatable bonds is 4. The van der Waals surface area contributed by atoms with Gasteiger partial charge in [0.25, 0.3) is 5.91 Å². The van der Waals surface area contributed by atoms with Crippen molar-refractivity contribution in [1.82, 2.24) is 14.5 Å². The fourth-order valence-electron chi connectivity index (χ4n) is 4.07. The van der Waals surface area contributed by atoms with Crippen LogP contribution in [-0.4, -0.2) is 45.9 Å². The van der Waals surface area contributed by atoms with Gasteiger partial charge in [-0.3, -0.25) is 9.59 Å². The molecule has 0 saturated carbocycles. The SMILES string of the molecule is CC1CCN(C(=O)C[C@H](C(=O)N2CCc3ccccc32)n2ccnc2)CC1. The lowest BCUT2D eigenvalue weighted by Crippen LogP contribution is -2.42. The third kappa shape index (κ3) is 3.61. The quantitative estimate of drug-likeness (QED) is 0.836. The van der Waals surface area contributed by atoms with E-state index in [9.17, 15) is 9.59 Å². The summed E-state index contributed by atoms with van der Waals surface area (Å²) < 4.78 is 1.77. The first-order valence-corrected chi connectivity index (χ1v) is 9.78. The number of likely N-dealkylation sites (tertiary alicyclic amines) is 1. The van der Waals surface area contributed by atoms with Crippen molar-refractivity contribution in [1.29, 1.82) is 0 Å². The molecular weight excluding hydrogens is 340 g/mol. The number of aromatic nitrogens is 2. The lowest BCUT2D eigenvalue weighted by Gasteiger charge is -2.32. The summed E-state index contributed by atoms with van der Waals surface area (Å²) in [5.41, 5.74) is 2.15. The highest BCUT2D eigenvalue weighted by molar-refractivity contribution is 6.00. The van der Waals surface area contributed by atoms with Gasteiger partial charge >= 0.3 is 0 Å². The number of fused-ring (bicyclic) bond motifs is 1. The maximum absolute atomic E-state index is 13.4. The fraction of sp³-hybridized carbons (Fsp3) is 0.476. The number of benzene rings is 1. The monoisotopic (exact) mass is 366 g/mol. The van der Waals surface area contributed by atoms with Gasteiger partial charge < -0.3 is 14.4 Å². The molecule has 2 aliphatic heterocycles. The molecule has 27 heavy (non-hydrogen) atoms. The summed E-state index contributed by atoms with van der Waals surface area (Å²) in [4.78, 5) is 34.1. The molecule has 0 N–H and O–H groups in total. The standard InChI is InChI=1S/C21H26N4O2/c1-16-6-10-23(11-7-16)20(26)14-19(24-13-9-22-15-24)21(27)25-12-8-17-4-2-3-5-18(17)25/h2-5,9,13,15-16,19H,6-8,10-12,14H2,1H3/t19-/m1/s1. The van der Waals surface area contributed by atoms with Gasteiger partial charge in [0.05, 0.1) is 12.7 Å². The molecular formula is C21H26N4O2. The number of amides is 2. The molecule has 2 aliphatic rings. The zero-order chi connectivity index (χ0) is 18.8. The van der Waals surface area contributed by atoms with E-state index in [0.717, 1.165) is 38.0 Å². The van der Waals surface area contributed by atoms with Crippen LogP contribution in [0.1, 0.15) is 37.8 Å². The summed E-state index contributed by atoms with van der Waals surface area (Å²) in [7, 11) is 0. The molecule has 2 amide bonds. The Morgan fingerprint density at radius 3 is 2.70 bits per heavy atom. The van der Waals surface area contributed by atoms with Crippen molar-refractivity contribution in [2.75, 3.05) is 24.5 Å². The summed E-state index contributed by atoms with van der Waals surface area (Å²) in [5.74, 6) is 0.694. The second-order valence-electron chi connectivity index (χ2n) is 7.66. The molecule has 1 atom stereocenters. The van der Waals surface area contributed by atoms with E-state index in [0.29, 0.717) is 12.5 Å². The molecule has 1 saturated heterocycles. The second kappa shape index (κ2) is 7.55. The van der Waals surface area contributed by atoms with E-state index < -0.39 is 6.04 Å². The summed E-state index contributed by atoms with van der Waals surface area (Å²) in [5, 5.41) is 0. The maximum atomic E-state index is 13.4. The molecule has 3 heterocycles. The van der Waals surface area contributed by atoms with Crippen molar-refractivity contribution in [3.63, 3.8) is 0 Å². The van der Waals surface area contributed by atoms with Crippen LogP contribution in [-0.2, 0) is 16.0 Å². The number of carbonyl (C=O) groups is 2. The van der Waals surface area contributed by atoms with Gasteiger partial charge in [0.2, 0.25) is 5.91 Å². The normalized spacial score (nSPS) is 18.4. The smallest absolute Gasteiger partial charge is 0.250 e. The molecule has 0 bridgehead atoms. The largest absolute Gasteiger partial charge is 0.343 e. The number of hydrogen-bond donors (Lipinski definition) is 0. The van der Waals surface area contributed by atoms with E-state index in [-0.39, 0.29) is 18.2 Å². The number of carbonyl (C=O) groups excluding carboxylic acids is 2. The summed E-state index contributed by atoms with van der Waals surface area (Å²) in [6, 6.07) is 7.46. The first-order chi connectivity index (χ1) is 13.1. The van der Waals surface area contributed by atoms with E-state index >= 15 is 0 Å². The summed E-state index contributed by atoms with van der Waals surface area (Å²) in [6.45, 7) is 4.47. The first kappa shape index (κ1) is 17.8. The first-order valence-electron chi connectivity index (χ1n) is 9.78. The molecule has 0 spiro atoms. The Labute approximate surface area is 159 Å². The summed E-state index contributed by atoms with van der Waals surface area (Å²) >= 11 is 0. The molecule has 142 valence electrons. The second-order valence-corrected chi connectivity index (χ2v) is 7.66. The predicted octanol–water partition coefficient (Wildman–Crippen LogP) is 2.66. The minimum absolute atomic E-state index is 0.0309. The number of hydrogen-bond acceptors (Lipinski definition) is 3. The third-order valence-electron chi connectivity index (χ3n) is 5.83. The zero-order valence-corrected chi connectivity index (χ0v) is 15.8. The van der Waals surface area contributed by atoms with Crippen LogP contribution in [0.25, 0.3) is 0 Å². The van der Waals surface area contributed by atoms with Crippen molar-refractivity contribution in [3.8, 4) is 0 Å². The minimum Gasteiger partial charge on any atom is -0.343 e. The average molecular weight is 366 g/mol. The van der Waals surface area contributed by atoms with Crippen LogP contribution >= 0.6 is 0 Å². The Hall–Kier alpha value is -2.63. The third-order valence-corrected chi connectivity index (χ3v) is 5.83. The fourth-order valence-corrected chi connectivity index (χ4v) is 4.07. The van der Waals surface area contributed by atoms with Crippen LogP contribution in [0.4, 0.5) is 5.69 Å². The highest BCUT2D eigenvalue weighted by Crippen LogP contribution is 2.31. The number of piperidine rings is 1. The molecule has 0 aliphatic carbocycles. The molecule has 4 rings (SSSR count). The van der Waals surface area contributed by atoms with Crippen molar-refractivity contribution in [2.24, 2.45) is 5.92 Å². The molecule has 6 heteroatoms. The Morgan fingerprint density at radius 2 is 1.96 bits per heavy atom. The maximum Gasteiger partial charge on any atom is 0.250 e. The lowest BCUT2D eigenvalue weighted by atomic mass is 9.98. The van der Waals surface area contributed by atoms with E-state index in [4.69, 9.17) is 0 Å². The summed E-state index contributed by atoms with van der Waals surface area (Å²) in [6.07, 6.45) is 8.18. The van der Waals surface area contributed by atoms with Gasteiger partial charge in [-0.15, -0.1) is 0 Å². The van der Waals surface area contributed by atoms with Crippen LogP contribution in [0.15, 0.2) is 43.0 Å². The highest BCUT2D eigenvalue weighted by Gasteiger charge is 2.33. The number of para-hydroxylation sites is 1. The van der Waals surface area contributed by atoms with Gasteiger partial charge in [-0.2, -0.15) is 0 Å². The Kier molecular flexibility index (Phi) is 4.97. The average Bonchev–Trinajstić information content (AvgIpc) is 3.36. The topological polar surface area (TPSA) is 58.4 Å². The van der Waals surface area contributed by atoms with Crippen molar-refractivity contribution >= 4 is 17.5 Å². The molecule has 0 radical (unpaired) electrons. The van der Waals surface area contributed by atoms with E-state index in [1.54, 1.807) is 23.3 Å². The van der Waals surface area contributed by atoms with Crippen LogP contribution < -0.4 is 4.90 Å². The number of imidazole rings is 1. The van der Waals surface area contributed by atoms with Crippen LogP contribution in [0.3, 0.4) is 0 Å². The molecule has 2 aromatic rings. The number of anilines is 1. The van der Waals surface area contributed by atoms with Gasteiger partial charge in [-0.1, -0.05) is 25.1 Å². The van der Waals surface area contributed by atoms with Crippen LogP contribution in [0.5, 0.6) is 0 Å². The minimum atomic E-state index is -0.550. The van der Waals surface area contributed by atoms with E-state index in [1.165, 1.54) is 5.56 Å². The van der Waals surface area contributed by atoms with Crippen LogP contribution in [0.2, 0.25) is 0 Å². The van der Waals surface area contributed by atoms with Gasteiger partial charge in [-0.05, 0) is 36.8 Å². The Bertz CT molecular complexity index is 809. The molecule has 6 nitrogen and oxygen atoms in total. The molecule has 1 aromatic carbocycles. The molecule has 1 aromatic heterocycles. The van der Waals surface area contributed by atoms with Crippen molar-refractivity contribution in [3.05, 3.63) is 48.5 Å². The highest BCUT2D eigenvalue weighted by atomic mass is 16.2. The molecule has 1 fully saturated rings. The van der Waals surface area contributed by atoms with Gasteiger partial charge in [-0.25, -0.2) is 4.98 Å². The zero-order valence-electron chi connectivity index (χ0n) is 15.8. The molecule has 0 unspecified atom stereocenters.